The minimum atomic E-state index is -4.15. The molecule has 0 aliphatic rings. The van der Waals surface area contributed by atoms with E-state index in [1.165, 1.54) is 12.1 Å². The number of carbonyl (C=O) groups is 2. The first-order valence-electron chi connectivity index (χ1n) is 11.1. The molecule has 0 bridgehead atoms. The van der Waals surface area contributed by atoms with E-state index in [-0.39, 0.29) is 12.2 Å². The van der Waals surface area contributed by atoms with Crippen LogP contribution in [0.4, 0.5) is 4.79 Å². The quantitative estimate of drug-likeness (QED) is 0.324. The Bertz CT molecular complexity index is 1150. The van der Waals surface area contributed by atoms with E-state index in [4.69, 9.17) is 18.3 Å². The predicted molar refractivity (Wildman–Crippen MR) is 133 cm³/mol. The standard InChI is InChI=1S/C26H28NO8P/c1-26(2,3)32-25(30)27-23(24(28)29)18-19-14-16-22(17-15-19)35-36(31,33-20-10-6-4-7-11-20)34-21-12-8-5-9-13-21/h4-17,23H,18H2,1-3H3,(H,27,30)(H,28,29)/t23-/m0/s1. The maximum atomic E-state index is 13.5. The molecule has 36 heavy (non-hydrogen) atoms. The van der Waals surface area contributed by atoms with Crippen molar-refractivity contribution in [3.05, 3.63) is 90.5 Å². The Morgan fingerprint density at radius 1 is 0.806 bits per heavy atom. The lowest BCUT2D eigenvalue weighted by atomic mass is 10.1. The summed E-state index contributed by atoms with van der Waals surface area (Å²) in [4.78, 5) is 23.6. The average Bonchev–Trinajstić information content (AvgIpc) is 2.79. The summed E-state index contributed by atoms with van der Waals surface area (Å²) in [5, 5.41) is 11.9. The molecule has 0 saturated heterocycles. The Hall–Kier alpha value is -3.97. The number of ether oxygens (including phenoxy) is 1. The molecular weight excluding hydrogens is 485 g/mol. The van der Waals surface area contributed by atoms with Crippen LogP contribution in [0.5, 0.6) is 17.2 Å². The van der Waals surface area contributed by atoms with Crippen molar-refractivity contribution in [2.75, 3.05) is 0 Å². The molecule has 0 fully saturated rings. The van der Waals surface area contributed by atoms with Crippen LogP contribution in [0.25, 0.3) is 0 Å². The molecule has 0 aromatic heterocycles. The van der Waals surface area contributed by atoms with Crippen LogP contribution in [0.15, 0.2) is 84.9 Å². The van der Waals surface area contributed by atoms with Crippen molar-refractivity contribution < 1.29 is 37.6 Å². The fourth-order valence-electron chi connectivity index (χ4n) is 2.98. The number of amides is 1. The van der Waals surface area contributed by atoms with Crippen molar-refractivity contribution in [3.63, 3.8) is 0 Å². The lowest BCUT2D eigenvalue weighted by molar-refractivity contribution is -0.139. The molecule has 1 amide bonds. The topological polar surface area (TPSA) is 120 Å². The fourth-order valence-corrected chi connectivity index (χ4v) is 4.23. The Morgan fingerprint density at radius 2 is 1.25 bits per heavy atom. The molecule has 3 aromatic rings. The number of carboxylic acid groups (broad SMARTS) is 1. The molecule has 10 heteroatoms. The van der Waals surface area contributed by atoms with Gasteiger partial charge in [-0.2, -0.15) is 4.57 Å². The molecule has 2 N–H and O–H groups in total. The van der Waals surface area contributed by atoms with E-state index in [9.17, 15) is 19.3 Å². The molecule has 0 saturated carbocycles. The van der Waals surface area contributed by atoms with E-state index >= 15 is 0 Å². The first-order chi connectivity index (χ1) is 17.0. The van der Waals surface area contributed by atoms with Crippen LogP contribution in [0.1, 0.15) is 26.3 Å². The molecule has 0 aliphatic heterocycles. The zero-order valence-corrected chi connectivity index (χ0v) is 21.0. The van der Waals surface area contributed by atoms with Crippen LogP contribution in [0.2, 0.25) is 0 Å². The zero-order valence-electron chi connectivity index (χ0n) is 20.1. The molecule has 0 spiro atoms. The van der Waals surface area contributed by atoms with Gasteiger partial charge in [-0.15, -0.1) is 0 Å². The van der Waals surface area contributed by atoms with Crippen LogP contribution >= 0.6 is 7.82 Å². The van der Waals surface area contributed by atoms with Gasteiger partial charge in [0.15, 0.2) is 0 Å². The highest BCUT2D eigenvalue weighted by Crippen LogP contribution is 2.49. The van der Waals surface area contributed by atoms with Gasteiger partial charge in [-0.05, 0) is 62.7 Å². The fraction of sp³-hybridized carbons (Fsp3) is 0.231. The van der Waals surface area contributed by atoms with Crippen LogP contribution in [-0.2, 0) is 20.5 Å². The van der Waals surface area contributed by atoms with Crippen LogP contribution in [0, 0.1) is 0 Å². The maximum Gasteiger partial charge on any atom is 0.647 e. The molecule has 0 radical (unpaired) electrons. The van der Waals surface area contributed by atoms with Gasteiger partial charge in [0, 0.05) is 6.42 Å². The number of para-hydroxylation sites is 2. The van der Waals surface area contributed by atoms with Crippen molar-refractivity contribution >= 4 is 19.9 Å². The summed E-state index contributed by atoms with van der Waals surface area (Å²) in [5.74, 6) is -0.434. The van der Waals surface area contributed by atoms with Crippen molar-refractivity contribution in [1.82, 2.24) is 5.32 Å². The number of benzene rings is 3. The van der Waals surface area contributed by atoms with Crippen LogP contribution in [0.3, 0.4) is 0 Å². The third kappa shape index (κ3) is 8.67. The van der Waals surface area contributed by atoms with Gasteiger partial charge in [0.2, 0.25) is 0 Å². The van der Waals surface area contributed by atoms with Crippen molar-refractivity contribution in [1.29, 1.82) is 0 Å². The van der Waals surface area contributed by atoms with E-state index in [1.54, 1.807) is 93.6 Å². The van der Waals surface area contributed by atoms with E-state index < -0.39 is 31.5 Å². The van der Waals surface area contributed by atoms with Crippen molar-refractivity contribution in [2.24, 2.45) is 0 Å². The molecule has 0 aliphatic carbocycles. The average molecular weight is 513 g/mol. The summed E-state index contributed by atoms with van der Waals surface area (Å²) >= 11 is 0. The van der Waals surface area contributed by atoms with Gasteiger partial charge >= 0.3 is 19.9 Å². The zero-order chi connectivity index (χ0) is 26.2. The second kappa shape index (κ2) is 11.6. The first-order valence-corrected chi connectivity index (χ1v) is 12.6. The Labute approximate surface area is 209 Å². The van der Waals surface area contributed by atoms with Gasteiger partial charge in [-0.1, -0.05) is 48.5 Å². The summed E-state index contributed by atoms with van der Waals surface area (Å²) in [5.41, 5.74) is -0.169. The molecule has 1 atom stereocenters. The number of nitrogens with one attached hydrogen (secondary N) is 1. The van der Waals surface area contributed by atoms with Crippen LogP contribution in [-0.4, -0.2) is 28.8 Å². The molecule has 190 valence electrons. The number of hydrogen-bond acceptors (Lipinski definition) is 7. The van der Waals surface area contributed by atoms with E-state index in [0.29, 0.717) is 17.1 Å². The SMILES string of the molecule is CC(C)(C)OC(=O)N[C@@H](Cc1ccc(OP(=O)(Oc2ccccc2)Oc2ccccc2)cc1)C(=O)O. The third-order valence-corrected chi connectivity index (χ3v) is 5.79. The van der Waals surface area contributed by atoms with Crippen LogP contribution < -0.4 is 18.9 Å². The Balaban J connectivity index is 1.72. The summed E-state index contributed by atoms with van der Waals surface area (Å²) in [7, 11) is -4.15. The van der Waals surface area contributed by atoms with E-state index in [0.717, 1.165) is 0 Å². The maximum absolute atomic E-state index is 13.5. The number of carboxylic acids is 1. The second-order valence-corrected chi connectivity index (χ2v) is 10.2. The number of phosphoric acid groups is 1. The van der Waals surface area contributed by atoms with Gasteiger partial charge in [0.25, 0.3) is 0 Å². The minimum absolute atomic E-state index is 0.00640. The summed E-state index contributed by atoms with van der Waals surface area (Å²) in [6.45, 7) is 5.05. The number of hydrogen-bond donors (Lipinski definition) is 2. The highest BCUT2D eigenvalue weighted by Gasteiger charge is 2.33. The highest BCUT2D eigenvalue weighted by molar-refractivity contribution is 7.49. The first kappa shape index (κ1) is 26.6. The number of phosphoric ester groups is 1. The highest BCUT2D eigenvalue weighted by atomic mass is 31.2. The van der Waals surface area contributed by atoms with Gasteiger partial charge in [-0.3, -0.25) is 0 Å². The monoisotopic (exact) mass is 513 g/mol. The number of rotatable bonds is 10. The van der Waals surface area contributed by atoms with Gasteiger partial charge < -0.3 is 28.7 Å². The van der Waals surface area contributed by atoms with E-state index in [2.05, 4.69) is 5.32 Å². The Morgan fingerprint density at radius 3 is 1.67 bits per heavy atom. The molecular formula is C26H28NO8P. The van der Waals surface area contributed by atoms with Gasteiger partial charge in [0.1, 0.15) is 28.9 Å². The minimum Gasteiger partial charge on any atom is -0.480 e. The Kier molecular flexibility index (Phi) is 8.61. The van der Waals surface area contributed by atoms with Gasteiger partial charge in [0.05, 0.1) is 0 Å². The lowest BCUT2D eigenvalue weighted by Gasteiger charge is -2.22. The largest absolute Gasteiger partial charge is 0.647 e. The number of aliphatic carboxylic acids is 1. The summed E-state index contributed by atoms with van der Waals surface area (Å²) in [6.07, 6.45) is -0.833. The third-order valence-electron chi connectivity index (χ3n) is 4.49. The normalized spacial score (nSPS) is 12.2. The van der Waals surface area contributed by atoms with E-state index in [1.807, 2.05) is 0 Å². The van der Waals surface area contributed by atoms with Crippen molar-refractivity contribution in [3.8, 4) is 17.2 Å². The lowest BCUT2D eigenvalue weighted by Crippen LogP contribution is -2.44. The molecule has 0 unspecified atom stereocenters. The number of carbonyl (C=O) groups excluding carboxylic acids is 1. The predicted octanol–water partition coefficient (Wildman–Crippen LogP) is 5.85. The summed E-state index contributed by atoms with van der Waals surface area (Å²) in [6, 6.07) is 22.0. The van der Waals surface area contributed by atoms with Gasteiger partial charge in [-0.25, -0.2) is 9.59 Å². The second-order valence-electron chi connectivity index (χ2n) is 8.73. The smallest absolute Gasteiger partial charge is 0.480 e. The molecule has 0 heterocycles. The summed E-state index contributed by atoms with van der Waals surface area (Å²) < 4.78 is 35.5. The molecule has 3 rings (SSSR count). The number of alkyl carbamates (subject to hydrolysis) is 1. The molecule has 9 nitrogen and oxygen atoms in total. The molecule has 3 aromatic carbocycles. The van der Waals surface area contributed by atoms with Crippen molar-refractivity contribution in [2.45, 2.75) is 38.8 Å².